The lowest BCUT2D eigenvalue weighted by Crippen LogP contribution is -2.57. The molecular formula is C13H19FO7. The third kappa shape index (κ3) is 3.90. The van der Waals surface area contributed by atoms with Crippen molar-refractivity contribution in [3.63, 3.8) is 0 Å². The number of carbonyl (C=O) groups excluding carboxylic acids is 3. The fourth-order valence-electron chi connectivity index (χ4n) is 2.27. The van der Waals surface area contributed by atoms with Crippen LogP contribution in [0.5, 0.6) is 0 Å². The van der Waals surface area contributed by atoms with Gasteiger partial charge in [-0.2, -0.15) is 0 Å². The number of carbonyl (C=O) groups is 3. The van der Waals surface area contributed by atoms with Gasteiger partial charge in [-0.05, 0) is 6.42 Å². The smallest absolute Gasteiger partial charge is 0.305 e. The van der Waals surface area contributed by atoms with Gasteiger partial charge in [0.2, 0.25) is 6.10 Å². The van der Waals surface area contributed by atoms with Gasteiger partial charge in [-0.15, -0.1) is 0 Å². The van der Waals surface area contributed by atoms with Gasteiger partial charge in [-0.1, -0.05) is 6.92 Å². The minimum absolute atomic E-state index is 0.178. The predicted molar refractivity (Wildman–Crippen MR) is 66.7 cm³/mol. The summed E-state index contributed by atoms with van der Waals surface area (Å²) >= 11 is 0. The molecule has 0 aromatic rings. The van der Waals surface area contributed by atoms with E-state index in [9.17, 15) is 18.8 Å². The number of ether oxygens (including phenoxy) is 4. The Hall–Kier alpha value is -1.70. The van der Waals surface area contributed by atoms with Crippen LogP contribution in [-0.2, 0) is 33.3 Å². The standard InChI is InChI=1S/C13H19FO7/c1-5-11(19-7(2)15)13(21-9(4)17)12(20-8(3)16)10(14)6-18-13/h10-12H,5-6H2,1-4H3. The molecule has 0 saturated carbocycles. The van der Waals surface area contributed by atoms with Crippen molar-refractivity contribution in [3.8, 4) is 0 Å². The molecule has 0 spiro atoms. The Labute approximate surface area is 121 Å². The Morgan fingerprint density at radius 2 is 1.86 bits per heavy atom. The Kier molecular flexibility index (Phi) is 5.65. The molecule has 0 N–H and O–H groups in total. The van der Waals surface area contributed by atoms with Crippen LogP contribution in [0.3, 0.4) is 0 Å². The number of esters is 3. The maximum atomic E-state index is 14.0. The fraction of sp³-hybridized carbons (Fsp3) is 0.769. The van der Waals surface area contributed by atoms with Gasteiger partial charge < -0.3 is 18.9 Å². The average molecular weight is 306 g/mol. The molecule has 8 heteroatoms. The van der Waals surface area contributed by atoms with Crippen molar-refractivity contribution in [1.29, 1.82) is 0 Å². The topological polar surface area (TPSA) is 88.1 Å². The lowest BCUT2D eigenvalue weighted by atomic mass is 9.99. The number of alkyl halides is 1. The zero-order valence-electron chi connectivity index (χ0n) is 12.4. The second kappa shape index (κ2) is 6.84. The van der Waals surface area contributed by atoms with E-state index in [1.54, 1.807) is 6.92 Å². The van der Waals surface area contributed by atoms with Crippen molar-refractivity contribution < 1.29 is 37.7 Å². The molecule has 1 aliphatic heterocycles. The molecule has 0 aromatic heterocycles. The molecule has 4 unspecified atom stereocenters. The molecule has 0 bridgehead atoms. The lowest BCUT2D eigenvalue weighted by Gasteiger charge is -2.37. The number of halogens is 1. The van der Waals surface area contributed by atoms with Crippen LogP contribution >= 0.6 is 0 Å². The summed E-state index contributed by atoms with van der Waals surface area (Å²) in [5.41, 5.74) is 0. The number of rotatable bonds is 5. The predicted octanol–water partition coefficient (Wildman–Crippen LogP) is 0.887. The van der Waals surface area contributed by atoms with Gasteiger partial charge >= 0.3 is 17.9 Å². The summed E-state index contributed by atoms with van der Waals surface area (Å²) in [7, 11) is 0. The van der Waals surface area contributed by atoms with Gasteiger partial charge in [0.25, 0.3) is 5.79 Å². The van der Waals surface area contributed by atoms with Crippen molar-refractivity contribution in [2.45, 2.75) is 58.3 Å². The highest BCUT2D eigenvalue weighted by Gasteiger charge is 2.61. The molecule has 0 aliphatic carbocycles. The minimum atomic E-state index is -1.97. The van der Waals surface area contributed by atoms with Gasteiger partial charge in [0, 0.05) is 20.8 Å². The molecule has 1 aliphatic rings. The highest BCUT2D eigenvalue weighted by Crippen LogP contribution is 2.38. The van der Waals surface area contributed by atoms with Crippen LogP contribution in [0.1, 0.15) is 34.1 Å². The van der Waals surface area contributed by atoms with Crippen molar-refractivity contribution in [2.24, 2.45) is 0 Å². The Bertz CT molecular complexity index is 425. The van der Waals surface area contributed by atoms with Crippen molar-refractivity contribution >= 4 is 17.9 Å². The van der Waals surface area contributed by atoms with E-state index in [1.807, 2.05) is 0 Å². The Morgan fingerprint density at radius 3 is 2.29 bits per heavy atom. The van der Waals surface area contributed by atoms with Crippen LogP contribution in [0.25, 0.3) is 0 Å². The van der Waals surface area contributed by atoms with Crippen LogP contribution < -0.4 is 0 Å². The van der Waals surface area contributed by atoms with E-state index in [0.29, 0.717) is 0 Å². The summed E-state index contributed by atoms with van der Waals surface area (Å²) in [6.45, 7) is 4.55. The maximum absolute atomic E-state index is 14.0. The van der Waals surface area contributed by atoms with Gasteiger partial charge in [-0.25, -0.2) is 4.39 Å². The van der Waals surface area contributed by atoms with Crippen LogP contribution in [-0.4, -0.2) is 48.7 Å². The van der Waals surface area contributed by atoms with E-state index < -0.39 is 48.7 Å². The van der Waals surface area contributed by atoms with Crippen LogP contribution in [0.2, 0.25) is 0 Å². The molecule has 4 atom stereocenters. The highest BCUT2D eigenvalue weighted by molar-refractivity contribution is 5.68. The van der Waals surface area contributed by atoms with E-state index in [2.05, 4.69) is 0 Å². The van der Waals surface area contributed by atoms with Crippen molar-refractivity contribution in [1.82, 2.24) is 0 Å². The molecule has 1 fully saturated rings. The average Bonchev–Trinajstić information content (AvgIpc) is 2.64. The van der Waals surface area contributed by atoms with Gasteiger partial charge in [0.15, 0.2) is 12.3 Å². The molecule has 21 heavy (non-hydrogen) atoms. The summed E-state index contributed by atoms with van der Waals surface area (Å²) < 4.78 is 34.3. The first-order chi connectivity index (χ1) is 9.72. The first kappa shape index (κ1) is 17.4. The molecule has 0 radical (unpaired) electrons. The SMILES string of the molecule is CCC(OC(C)=O)C1(OC(C)=O)OCC(F)C1OC(C)=O. The van der Waals surface area contributed by atoms with E-state index in [0.717, 1.165) is 20.8 Å². The second-order valence-electron chi connectivity index (χ2n) is 4.68. The zero-order chi connectivity index (χ0) is 16.2. The molecular weight excluding hydrogens is 287 g/mol. The molecule has 1 rings (SSSR count). The molecule has 0 amide bonds. The quantitative estimate of drug-likeness (QED) is 0.550. The molecule has 7 nitrogen and oxygen atoms in total. The summed E-state index contributed by atoms with van der Waals surface area (Å²) in [5, 5.41) is 0. The summed E-state index contributed by atoms with van der Waals surface area (Å²) in [6.07, 6.45) is -4.11. The van der Waals surface area contributed by atoms with Gasteiger partial charge in [0.05, 0.1) is 6.61 Å². The van der Waals surface area contributed by atoms with Gasteiger partial charge in [0.1, 0.15) is 0 Å². The molecule has 120 valence electrons. The largest absolute Gasteiger partial charge is 0.455 e. The highest BCUT2D eigenvalue weighted by atomic mass is 19.1. The van der Waals surface area contributed by atoms with E-state index >= 15 is 0 Å². The Morgan fingerprint density at radius 1 is 1.24 bits per heavy atom. The molecule has 1 saturated heterocycles. The van der Waals surface area contributed by atoms with Crippen LogP contribution in [0, 0.1) is 0 Å². The summed E-state index contributed by atoms with van der Waals surface area (Å²) in [6, 6.07) is 0. The fourth-order valence-corrected chi connectivity index (χ4v) is 2.27. The monoisotopic (exact) mass is 306 g/mol. The Balaban J connectivity index is 3.19. The normalized spacial score (nSPS) is 29.6. The lowest BCUT2D eigenvalue weighted by molar-refractivity contribution is -0.284. The first-order valence-electron chi connectivity index (χ1n) is 6.55. The molecule has 0 aromatic carbocycles. The maximum Gasteiger partial charge on any atom is 0.305 e. The zero-order valence-corrected chi connectivity index (χ0v) is 12.4. The third-order valence-corrected chi connectivity index (χ3v) is 2.92. The van der Waals surface area contributed by atoms with E-state index in [-0.39, 0.29) is 6.42 Å². The van der Waals surface area contributed by atoms with Gasteiger partial charge in [-0.3, -0.25) is 14.4 Å². The summed E-state index contributed by atoms with van der Waals surface area (Å²) in [5.74, 6) is -4.16. The number of hydrogen-bond acceptors (Lipinski definition) is 7. The van der Waals surface area contributed by atoms with Crippen molar-refractivity contribution in [2.75, 3.05) is 6.61 Å². The first-order valence-corrected chi connectivity index (χ1v) is 6.55. The van der Waals surface area contributed by atoms with Crippen LogP contribution in [0.15, 0.2) is 0 Å². The van der Waals surface area contributed by atoms with Crippen LogP contribution in [0.4, 0.5) is 4.39 Å². The third-order valence-electron chi connectivity index (χ3n) is 2.92. The summed E-state index contributed by atoms with van der Waals surface area (Å²) in [4.78, 5) is 33.7. The van der Waals surface area contributed by atoms with E-state index in [4.69, 9.17) is 18.9 Å². The van der Waals surface area contributed by atoms with E-state index in [1.165, 1.54) is 0 Å². The van der Waals surface area contributed by atoms with Crippen molar-refractivity contribution in [3.05, 3.63) is 0 Å². The number of hydrogen-bond donors (Lipinski definition) is 0. The second-order valence-corrected chi connectivity index (χ2v) is 4.68. The molecule has 1 heterocycles. The minimum Gasteiger partial charge on any atom is -0.455 e.